The van der Waals surface area contributed by atoms with E-state index in [9.17, 15) is 0 Å². The highest BCUT2D eigenvalue weighted by atomic mass is 32.2. The minimum atomic E-state index is 0.590. The number of aromatic nitrogens is 2. The molecule has 2 aromatic heterocycles. The van der Waals surface area contributed by atoms with Crippen LogP contribution < -0.4 is 0 Å². The van der Waals surface area contributed by atoms with Crippen molar-refractivity contribution in [2.75, 3.05) is 0 Å². The maximum absolute atomic E-state index is 2.38. The van der Waals surface area contributed by atoms with Crippen LogP contribution in [0.3, 0.4) is 0 Å². The first-order chi connectivity index (χ1) is 9.81. The largest absolute Gasteiger partial charge is 0.335 e. The predicted octanol–water partition coefficient (Wildman–Crippen LogP) is 5.78. The molecule has 0 saturated heterocycles. The molecule has 2 aromatic rings. The monoisotopic (exact) mass is 342 g/mol. The van der Waals surface area contributed by atoms with Crippen LogP contribution in [0.2, 0.25) is 0 Å². The molecular weight excluding hydrogens is 316 g/mol. The Hall–Kier alpha value is -0.130. The highest BCUT2D eigenvalue weighted by Gasteiger charge is 2.23. The van der Waals surface area contributed by atoms with Crippen LogP contribution in [0.25, 0.3) is 5.65 Å². The second kappa shape index (κ2) is 6.97. The van der Waals surface area contributed by atoms with Gasteiger partial charge in [-0.15, -0.1) is 35.3 Å². The van der Waals surface area contributed by atoms with E-state index in [2.05, 4.69) is 70.0 Å². The predicted molar refractivity (Wildman–Crippen MR) is 99.3 cm³/mol. The fourth-order valence-electron chi connectivity index (χ4n) is 2.23. The summed E-state index contributed by atoms with van der Waals surface area (Å²) in [5.41, 5.74) is 1.33. The van der Waals surface area contributed by atoms with Gasteiger partial charge in [-0.3, -0.25) is 4.40 Å². The molecule has 0 aliphatic carbocycles. The van der Waals surface area contributed by atoms with Crippen molar-refractivity contribution in [1.82, 2.24) is 8.97 Å². The average Bonchev–Trinajstić information content (AvgIpc) is 2.82. The number of aryl methyl sites for hydroxylation is 1. The zero-order valence-electron chi connectivity index (χ0n) is 14.0. The Labute approximate surface area is 141 Å². The lowest BCUT2D eigenvalue weighted by Gasteiger charge is -2.12. The highest BCUT2D eigenvalue weighted by molar-refractivity contribution is 8.04. The van der Waals surface area contributed by atoms with Crippen molar-refractivity contribution in [2.45, 2.75) is 72.1 Å². The minimum absolute atomic E-state index is 0.590. The quantitative estimate of drug-likeness (QED) is 0.616. The number of hydrogen-bond donors (Lipinski definition) is 0. The number of hydrogen-bond acceptors (Lipinski definition) is 3. The summed E-state index contributed by atoms with van der Waals surface area (Å²) in [6, 6.07) is 0. The van der Waals surface area contributed by atoms with Gasteiger partial charge in [-0.1, -0.05) is 41.5 Å². The Bertz CT molecular complexity index is 609. The molecular formula is C16H26N2S3. The summed E-state index contributed by atoms with van der Waals surface area (Å²) in [6.45, 7) is 13.6. The van der Waals surface area contributed by atoms with E-state index in [4.69, 9.17) is 0 Å². The van der Waals surface area contributed by atoms with Gasteiger partial charge in [-0.05, 0) is 0 Å². The standard InChI is InChI=1S/C16H26N2S3/c1-10(2)19-13-14(20-11(3)4)16(21-12(5)6)18-9-8-17(7)15(13)18/h8-12H,1-7H3. The van der Waals surface area contributed by atoms with E-state index in [0.29, 0.717) is 15.7 Å². The summed E-state index contributed by atoms with van der Waals surface area (Å²) < 4.78 is 4.62. The number of imidazole rings is 1. The lowest BCUT2D eigenvalue weighted by atomic mass is 10.6. The van der Waals surface area contributed by atoms with Gasteiger partial charge < -0.3 is 4.57 Å². The molecule has 118 valence electrons. The van der Waals surface area contributed by atoms with Gasteiger partial charge in [0.05, 0.1) is 14.8 Å². The van der Waals surface area contributed by atoms with Crippen molar-refractivity contribution < 1.29 is 0 Å². The molecule has 0 amide bonds. The van der Waals surface area contributed by atoms with Gasteiger partial charge in [0.2, 0.25) is 0 Å². The Morgan fingerprint density at radius 2 is 1.29 bits per heavy atom. The third-order valence-corrected chi connectivity index (χ3v) is 6.43. The molecule has 2 rings (SSSR count). The maximum atomic E-state index is 2.38. The SMILES string of the molecule is CC(C)Sc1c(SC(C)C)c2n(C)ccn2c1SC(C)C. The van der Waals surface area contributed by atoms with Gasteiger partial charge in [0.1, 0.15) is 5.65 Å². The van der Waals surface area contributed by atoms with E-state index < -0.39 is 0 Å². The average molecular weight is 343 g/mol. The van der Waals surface area contributed by atoms with Crippen LogP contribution >= 0.6 is 35.3 Å². The van der Waals surface area contributed by atoms with Gasteiger partial charge >= 0.3 is 0 Å². The summed E-state index contributed by atoms with van der Waals surface area (Å²) in [4.78, 5) is 2.91. The molecule has 0 spiro atoms. The fourth-order valence-corrected chi connectivity index (χ4v) is 5.68. The van der Waals surface area contributed by atoms with Crippen molar-refractivity contribution in [2.24, 2.45) is 7.05 Å². The van der Waals surface area contributed by atoms with Crippen LogP contribution in [0.4, 0.5) is 0 Å². The number of rotatable bonds is 6. The zero-order valence-corrected chi connectivity index (χ0v) is 16.5. The third-order valence-electron chi connectivity index (χ3n) is 2.88. The maximum Gasteiger partial charge on any atom is 0.132 e. The summed E-state index contributed by atoms with van der Waals surface area (Å²) in [5.74, 6) is 0. The van der Waals surface area contributed by atoms with E-state index in [1.165, 1.54) is 20.5 Å². The van der Waals surface area contributed by atoms with Crippen LogP contribution in [-0.4, -0.2) is 24.7 Å². The van der Waals surface area contributed by atoms with E-state index in [0.717, 1.165) is 0 Å². The third kappa shape index (κ3) is 3.80. The second-order valence-electron chi connectivity index (χ2n) is 6.07. The molecule has 5 heteroatoms. The molecule has 0 unspecified atom stereocenters. The summed E-state index contributed by atoms with van der Waals surface area (Å²) in [7, 11) is 2.15. The Balaban J connectivity index is 2.65. The first-order valence-corrected chi connectivity index (χ1v) is 10.1. The molecule has 0 atom stereocenters. The minimum Gasteiger partial charge on any atom is -0.335 e. The van der Waals surface area contributed by atoms with Crippen molar-refractivity contribution in [3.8, 4) is 0 Å². The molecule has 0 radical (unpaired) electrons. The van der Waals surface area contributed by atoms with Gasteiger partial charge in [0.25, 0.3) is 0 Å². The van der Waals surface area contributed by atoms with E-state index in [1.807, 2.05) is 35.3 Å². The Kier molecular flexibility index (Phi) is 5.71. The first kappa shape index (κ1) is 17.2. The summed E-state index contributed by atoms with van der Waals surface area (Å²) in [5, 5.41) is 3.18. The molecule has 2 nitrogen and oxygen atoms in total. The molecule has 0 N–H and O–H groups in total. The lowest BCUT2D eigenvalue weighted by molar-refractivity contribution is 0.939. The Morgan fingerprint density at radius 3 is 1.81 bits per heavy atom. The molecule has 0 aliphatic rings. The molecule has 0 bridgehead atoms. The summed E-state index contributed by atoms with van der Waals surface area (Å²) in [6.07, 6.45) is 4.36. The smallest absolute Gasteiger partial charge is 0.132 e. The highest BCUT2D eigenvalue weighted by Crippen LogP contribution is 2.46. The van der Waals surface area contributed by atoms with E-state index in [1.54, 1.807) is 0 Å². The van der Waals surface area contributed by atoms with Gasteiger partial charge in [0.15, 0.2) is 0 Å². The van der Waals surface area contributed by atoms with E-state index in [-0.39, 0.29) is 0 Å². The van der Waals surface area contributed by atoms with Gasteiger partial charge in [-0.25, -0.2) is 0 Å². The van der Waals surface area contributed by atoms with Gasteiger partial charge in [-0.2, -0.15) is 0 Å². The van der Waals surface area contributed by atoms with Crippen molar-refractivity contribution in [3.63, 3.8) is 0 Å². The second-order valence-corrected chi connectivity index (χ2v) is 10.8. The number of nitrogens with zero attached hydrogens (tertiary/aromatic N) is 2. The lowest BCUT2D eigenvalue weighted by Crippen LogP contribution is -1.94. The topological polar surface area (TPSA) is 9.34 Å². The van der Waals surface area contributed by atoms with Crippen LogP contribution in [-0.2, 0) is 7.05 Å². The molecule has 0 saturated carbocycles. The van der Waals surface area contributed by atoms with Gasteiger partial charge in [0, 0.05) is 35.2 Å². The van der Waals surface area contributed by atoms with E-state index >= 15 is 0 Å². The number of thioether (sulfide) groups is 3. The molecule has 0 fully saturated rings. The van der Waals surface area contributed by atoms with Crippen molar-refractivity contribution >= 4 is 40.9 Å². The molecule has 0 aromatic carbocycles. The molecule has 2 heterocycles. The van der Waals surface area contributed by atoms with Crippen molar-refractivity contribution in [3.05, 3.63) is 12.4 Å². The first-order valence-electron chi connectivity index (χ1n) is 7.50. The molecule has 21 heavy (non-hydrogen) atoms. The number of fused-ring (bicyclic) bond motifs is 1. The van der Waals surface area contributed by atoms with Crippen LogP contribution in [0, 0.1) is 0 Å². The Morgan fingerprint density at radius 1 is 0.762 bits per heavy atom. The normalized spacial score (nSPS) is 12.5. The summed E-state index contributed by atoms with van der Waals surface area (Å²) >= 11 is 5.96. The molecule has 0 aliphatic heterocycles. The van der Waals surface area contributed by atoms with Crippen LogP contribution in [0.1, 0.15) is 41.5 Å². The van der Waals surface area contributed by atoms with Crippen LogP contribution in [0.15, 0.2) is 27.2 Å². The van der Waals surface area contributed by atoms with Crippen molar-refractivity contribution in [1.29, 1.82) is 0 Å². The zero-order chi connectivity index (χ0) is 15.7. The van der Waals surface area contributed by atoms with Crippen LogP contribution in [0.5, 0.6) is 0 Å². The fraction of sp³-hybridized carbons (Fsp3) is 0.625.